The third-order valence-corrected chi connectivity index (χ3v) is 6.01. The molecule has 0 radical (unpaired) electrons. The smallest absolute Gasteiger partial charge is 0.186 e. The van der Waals surface area contributed by atoms with Gasteiger partial charge in [0.2, 0.25) is 0 Å². The Kier molecular flexibility index (Phi) is 4.82. The fraction of sp³-hybridized carbons (Fsp3) is 0.381. The monoisotopic (exact) mass is 420 g/mol. The van der Waals surface area contributed by atoms with E-state index in [1.54, 1.807) is 11.3 Å². The lowest BCUT2D eigenvalue weighted by Gasteiger charge is -2.36. The van der Waals surface area contributed by atoms with Crippen molar-refractivity contribution in [1.29, 1.82) is 0 Å². The number of piperazine rings is 1. The predicted molar refractivity (Wildman–Crippen MR) is 119 cm³/mol. The Hall–Kier alpha value is -3.07. The SMILES string of the molecule is Cc1cc(N2CCN(c3ccc4nnc(-c5ccsc5)n4n3)CC2)nc(C(C)C)n1. The maximum atomic E-state index is 4.84. The van der Waals surface area contributed by atoms with E-state index in [0.29, 0.717) is 5.92 Å². The molecular formula is C21H24N8S. The van der Waals surface area contributed by atoms with Crippen molar-refractivity contribution in [2.45, 2.75) is 26.7 Å². The molecule has 1 aliphatic heterocycles. The lowest BCUT2D eigenvalue weighted by Crippen LogP contribution is -2.47. The van der Waals surface area contributed by atoms with Gasteiger partial charge in [-0.1, -0.05) is 13.8 Å². The molecule has 0 aliphatic carbocycles. The second kappa shape index (κ2) is 7.64. The number of hydrogen-bond acceptors (Lipinski definition) is 8. The van der Waals surface area contributed by atoms with Crippen molar-refractivity contribution in [3.8, 4) is 11.4 Å². The van der Waals surface area contributed by atoms with Crippen molar-refractivity contribution < 1.29 is 0 Å². The summed E-state index contributed by atoms with van der Waals surface area (Å²) in [4.78, 5) is 14.0. The molecule has 0 spiro atoms. The summed E-state index contributed by atoms with van der Waals surface area (Å²) in [5, 5.41) is 17.5. The zero-order chi connectivity index (χ0) is 20.7. The van der Waals surface area contributed by atoms with Gasteiger partial charge in [-0.3, -0.25) is 0 Å². The van der Waals surface area contributed by atoms with E-state index in [2.05, 4.69) is 50.3 Å². The molecule has 4 aromatic rings. The van der Waals surface area contributed by atoms with E-state index in [1.807, 2.05) is 35.0 Å². The first-order valence-electron chi connectivity index (χ1n) is 10.2. The van der Waals surface area contributed by atoms with E-state index in [0.717, 1.165) is 66.4 Å². The standard InChI is InChI=1S/C21H24N8S/c1-14(2)20-22-15(3)12-19(23-20)28-9-7-27(8-10-28)18-5-4-17-24-25-21(29(17)26-18)16-6-11-30-13-16/h4-6,11-14H,7-10H2,1-3H3. The second-order valence-corrected chi connectivity index (χ2v) is 8.63. The van der Waals surface area contributed by atoms with Crippen LogP contribution in [-0.4, -0.2) is 56.0 Å². The van der Waals surface area contributed by atoms with Crippen molar-refractivity contribution in [2.75, 3.05) is 36.0 Å². The summed E-state index contributed by atoms with van der Waals surface area (Å²) in [5.74, 6) is 3.98. The highest BCUT2D eigenvalue weighted by molar-refractivity contribution is 7.08. The molecule has 8 nitrogen and oxygen atoms in total. The molecule has 0 N–H and O–H groups in total. The Morgan fingerprint density at radius 2 is 1.70 bits per heavy atom. The first-order valence-corrected chi connectivity index (χ1v) is 11.1. The fourth-order valence-electron chi connectivity index (χ4n) is 3.68. The van der Waals surface area contributed by atoms with E-state index >= 15 is 0 Å². The van der Waals surface area contributed by atoms with Gasteiger partial charge in [0.1, 0.15) is 17.5 Å². The van der Waals surface area contributed by atoms with Crippen molar-refractivity contribution in [2.24, 2.45) is 0 Å². The molecule has 0 amide bonds. The van der Waals surface area contributed by atoms with Crippen LogP contribution in [-0.2, 0) is 0 Å². The van der Waals surface area contributed by atoms with E-state index in [-0.39, 0.29) is 0 Å². The van der Waals surface area contributed by atoms with Gasteiger partial charge in [0.15, 0.2) is 11.5 Å². The lowest BCUT2D eigenvalue weighted by molar-refractivity contribution is 0.631. The number of fused-ring (bicyclic) bond motifs is 1. The Bertz CT molecular complexity index is 1160. The average molecular weight is 421 g/mol. The van der Waals surface area contributed by atoms with Crippen LogP contribution in [0.25, 0.3) is 17.0 Å². The summed E-state index contributed by atoms with van der Waals surface area (Å²) in [7, 11) is 0. The quantitative estimate of drug-likeness (QED) is 0.501. The Morgan fingerprint density at radius 1 is 0.933 bits per heavy atom. The minimum Gasteiger partial charge on any atom is -0.353 e. The number of aromatic nitrogens is 6. The molecule has 0 atom stereocenters. The number of anilines is 2. The molecule has 5 rings (SSSR count). The minimum absolute atomic E-state index is 0.321. The average Bonchev–Trinajstić information content (AvgIpc) is 3.42. The van der Waals surface area contributed by atoms with Crippen LogP contribution in [0, 0.1) is 6.92 Å². The summed E-state index contributed by atoms with van der Waals surface area (Å²) in [6.45, 7) is 9.86. The summed E-state index contributed by atoms with van der Waals surface area (Å²) < 4.78 is 1.84. The maximum absolute atomic E-state index is 4.84. The van der Waals surface area contributed by atoms with Crippen LogP contribution in [0.2, 0.25) is 0 Å². The van der Waals surface area contributed by atoms with Crippen LogP contribution in [0.5, 0.6) is 0 Å². The molecule has 154 valence electrons. The molecule has 5 heterocycles. The van der Waals surface area contributed by atoms with Crippen LogP contribution in [0.3, 0.4) is 0 Å². The Morgan fingerprint density at radius 3 is 2.40 bits per heavy atom. The number of aryl methyl sites for hydroxylation is 1. The van der Waals surface area contributed by atoms with Crippen LogP contribution < -0.4 is 9.80 Å². The fourth-order valence-corrected chi connectivity index (χ4v) is 4.31. The topological polar surface area (TPSA) is 75.3 Å². The largest absolute Gasteiger partial charge is 0.353 e. The molecule has 0 bridgehead atoms. The third-order valence-electron chi connectivity index (χ3n) is 5.33. The highest BCUT2D eigenvalue weighted by Gasteiger charge is 2.21. The summed E-state index contributed by atoms with van der Waals surface area (Å²) in [6.07, 6.45) is 0. The van der Waals surface area contributed by atoms with Crippen molar-refractivity contribution in [3.05, 3.63) is 46.5 Å². The normalized spacial score (nSPS) is 14.8. The van der Waals surface area contributed by atoms with E-state index in [1.165, 1.54) is 0 Å². The molecule has 9 heteroatoms. The zero-order valence-corrected chi connectivity index (χ0v) is 18.2. The lowest BCUT2D eigenvalue weighted by atomic mass is 10.2. The van der Waals surface area contributed by atoms with Crippen LogP contribution >= 0.6 is 11.3 Å². The van der Waals surface area contributed by atoms with Gasteiger partial charge >= 0.3 is 0 Å². The predicted octanol–water partition coefficient (Wildman–Crippen LogP) is 3.40. The van der Waals surface area contributed by atoms with Crippen LogP contribution in [0.1, 0.15) is 31.3 Å². The number of thiophene rings is 1. The van der Waals surface area contributed by atoms with Crippen molar-refractivity contribution in [1.82, 2.24) is 29.8 Å². The molecule has 1 fully saturated rings. The molecule has 1 saturated heterocycles. The number of nitrogens with zero attached hydrogens (tertiary/aromatic N) is 8. The molecule has 30 heavy (non-hydrogen) atoms. The Labute approximate surface area is 179 Å². The highest BCUT2D eigenvalue weighted by Crippen LogP contribution is 2.23. The van der Waals surface area contributed by atoms with Gasteiger partial charge < -0.3 is 9.80 Å². The molecular weight excluding hydrogens is 396 g/mol. The summed E-state index contributed by atoms with van der Waals surface area (Å²) >= 11 is 1.65. The maximum Gasteiger partial charge on any atom is 0.186 e. The number of hydrogen-bond donors (Lipinski definition) is 0. The van der Waals surface area contributed by atoms with Gasteiger partial charge in [0, 0.05) is 54.8 Å². The van der Waals surface area contributed by atoms with Gasteiger partial charge in [0.05, 0.1) is 0 Å². The van der Waals surface area contributed by atoms with Crippen LogP contribution in [0.4, 0.5) is 11.6 Å². The van der Waals surface area contributed by atoms with Gasteiger partial charge in [-0.25, -0.2) is 9.97 Å². The first-order chi connectivity index (χ1) is 14.6. The number of rotatable bonds is 4. The van der Waals surface area contributed by atoms with Gasteiger partial charge in [-0.05, 0) is 30.5 Å². The Balaban J connectivity index is 1.36. The van der Waals surface area contributed by atoms with Crippen LogP contribution in [0.15, 0.2) is 35.0 Å². The molecule has 1 aliphatic rings. The first kappa shape index (κ1) is 18.9. The van der Waals surface area contributed by atoms with E-state index in [4.69, 9.17) is 10.1 Å². The summed E-state index contributed by atoms with van der Waals surface area (Å²) in [5.41, 5.74) is 2.82. The second-order valence-electron chi connectivity index (χ2n) is 7.85. The minimum atomic E-state index is 0.321. The van der Waals surface area contributed by atoms with E-state index in [9.17, 15) is 0 Å². The summed E-state index contributed by atoms with van der Waals surface area (Å²) in [6, 6.07) is 8.14. The molecule has 0 unspecified atom stereocenters. The van der Waals surface area contributed by atoms with Gasteiger partial charge in [-0.15, -0.1) is 15.3 Å². The van der Waals surface area contributed by atoms with E-state index < -0.39 is 0 Å². The molecule has 0 aromatic carbocycles. The van der Waals surface area contributed by atoms with Crippen molar-refractivity contribution in [3.63, 3.8) is 0 Å². The zero-order valence-electron chi connectivity index (χ0n) is 17.4. The molecule has 4 aromatic heterocycles. The highest BCUT2D eigenvalue weighted by atomic mass is 32.1. The van der Waals surface area contributed by atoms with Gasteiger partial charge in [-0.2, -0.15) is 15.9 Å². The van der Waals surface area contributed by atoms with Gasteiger partial charge in [0.25, 0.3) is 0 Å². The van der Waals surface area contributed by atoms with Crippen molar-refractivity contribution >= 4 is 28.6 Å². The molecule has 0 saturated carbocycles. The third kappa shape index (κ3) is 3.49.